The Bertz CT molecular complexity index is 375. The van der Waals surface area contributed by atoms with E-state index in [0.29, 0.717) is 6.42 Å². The van der Waals surface area contributed by atoms with Gasteiger partial charge in [0.05, 0.1) is 0 Å². The molecule has 0 nitrogen and oxygen atoms in total. The Hall–Kier alpha value is 0.0900. The molecular formula is C13H17Cl3. The van der Waals surface area contributed by atoms with E-state index in [4.69, 9.17) is 34.8 Å². The van der Waals surface area contributed by atoms with Crippen molar-refractivity contribution in [3.8, 4) is 0 Å². The van der Waals surface area contributed by atoms with Gasteiger partial charge in [0.1, 0.15) is 0 Å². The maximum absolute atomic E-state index is 5.88. The van der Waals surface area contributed by atoms with E-state index in [1.165, 1.54) is 16.7 Å². The summed E-state index contributed by atoms with van der Waals surface area (Å²) in [6.07, 6.45) is 0.508. The average Bonchev–Trinajstić information content (AvgIpc) is 1.97. The molecule has 0 fully saturated rings. The van der Waals surface area contributed by atoms with E-state index in [1.807, 2.05) is 0 Å². The first kappa shape index (κ1) is 14.2. The highest BCUT2D eigenvalue weighted by molar-refractivity contribution is 6.67. The van der Waals surface area contributed by atoms with Gasteiger partial charge < -0.3 is 0 Å². The van der Waals surface area contributed by atoms with Crippen molar-refractivity contribution < 1.29 is 0 Å². The van der Waals surface area contributed by atoms with E-state index >= 15 is 0 Å². The van der Waals surface area contributed by atoms with Crippen LogP contribution in [0.3, 0.4) is 0 Å². The Morgan fingerprint density at radius 2 is 1.62 bits per heavy atom. The maximum atomic E-state index is 5.88. The molecule has 0 spiro atoms. The number of benzene rings is 1. The second-order valence-electron chi connectivity index (χ2n) is 4.99. The monoisotopic (exact) mass is 278 g/mol. The highest BCUT2D eigenvalue weighted by Gasteiger charge is 2.33. The van der Waals surface area contributed by atoms with Crippen molar-refractivity contribution in [2.24, 2.45) is 0 Å². The van der Waals surface area contributed by atoms with Crippen molar-refractivity contribution in [1.29, 1.82) is 0 Å². The summed E-state index contributed by atoms with van der Waals surface area (Å²) in [7, 11) is 0. The van der Waals surface area contributed by atoms with E-state index in [9.17, 15) is 0 Å². The predicted octanol–water partition coefficient (Wildman–Crippen LogP) is 5.34. The van der Waals surface area contributed by atoms with Crippen LogP contribution in [0.15, 0.2) is 18.2 Å². The summed E-state index contributed by atoms with van der Waals surface area (Å²) in [6.45, 7) is 8.39. The third kappa shape index (κ3) is 3.84. The van der Waals surface area contributed by atoms with Crippen LogP contribution in [0.1, 0.15) is 37.0 Å². The van der Waals surface area contributed by atoms with Gasteiger partial charge in [0.15, 0.2) is 3.79 Å². The van der Waals surface area contributed by atoms with Gasteiger partial charge in [-0.25, -0.2) is 0 Å². The molecule has 0 saturated heterocycles. The number of hydrogen-bond acceptors (Lipinski definition) is 0. The number of aryl methyl sites for hydroxylation is 2. The minimum atomic E-state index is -1.21. The van der Waals surface area contributed by atoms with Gasteiger partial charge in [-0.2, -0.15) is 0 Å². The lowest BCUT2D eigenvalue weighted by Crippen LogP contribution is -2.25. The lowest BCUT2D eigenvalue weighted by molar-refractivity contribution is 0.484. The van der Waals surface area contributed by atoms with Crippen LogP contribution in [-0.2, 0) is 5.41 Å². The highest BCUT2D eigenvalue weighted by Crippen LogP contribution is 2.41. The molecule has 0 saturated carbocycles. The fraction of sp³-hybridized carbons (Fsp3) is 0.538. The third-order valence-electron chi connectivity index (χ3n) is 2.75. The van der Waals surface area contributed by atoms with Crippen LogP contribution in [0, 0.1) is 13.8 Å². The molecule has 0 aliphatic carbocycles. The van der Waals surface area contributed by atoms with E-state index in [2.05, 4.69) is 45.9 Å². The van der Waals surface area contributed by atoms with Crippen LogP contribution in [0.5, 0.6) is 0 Å². The zero-order valence-corrected chi connectivity index (χ0v) is 12.3. The summed E-state index contributed by atoms with van der Waals surface area (Å²) in [4.78, 5) is 0. The van der Waals surface area contributed by atoms with Gasteiger partial charge in [0, 0.05) is 6.42 Å². The van der Waals surface area contributed by atoms with E-state index in [1.54, 1.807) is 0 Å². The second kappa shape index (κ2) is 4.76. The number of hydrogen-bond donors (Lipinski definition) is 0. The molecule has 1 aromatic carbocycles. The quantitative estimate of drug-likeness (QED) is 0.641. The predicted molar refractivity (Wildman–Crippen MR) is 73.8 cm³/mol. The van der Waals surface area contributed by atoms with Crippen molar-refractivity contribution in [3.05, 3.63) is 34.9 Å². The Kier molecular flexibility index (Phi) is 4.21. The summed E-state index contributed by atoms with van der Waals surface area (Å²) < 4.78 is -1.21. The van der Waals surface area contributed by atoms with Crippen LogP contribution < -0.4 is 0 Å². The Morgan fingerprint density at radius 1 is 1.06 bits per heavy atom. The summed E-state index contributed by atoms with van der Waals surface area (Å²) in [5.74, 6) is 0. The van der Waals surface area contributed by atoms with E-state index < -0.39 is 3.79 Å². The zero-order chi connectivity index (χ0) is 12.6. The Balaban J connectivity index is 3.07. The molecule has 0 unspecified atom stereocenters. The van der Waals surface area contributed by atoms with Crippen molar-refractivity contribution in [3.63, 3.8) is 0 Å². The Morgan fingerprint density at radius 3 is 2.06 bits per heavy atom. The largest absolute Gasteiger partial charge is 0.191 e. The highest BCUT2D eigenvalue weighted by atomic mass is 35.6. The molecule has 0 aromatic heterocycles. The number of alkyl halides is 3. The summed E-state index contributed by atoms with van der Waals surface area (Å²) in [5.41, 5.74) is 3.61. The van der Waals surface area contributed by atoms with Crippen LogP contribution >= 0.6 is 34.8 Å². The normalized spacial score (nSPS) is 12.9. The molecule has 0 aliphatic rings. The summed E-state index contributed by atoms with van der Waals surface area (Å²) in [6, 6.07) is 6.39. The van der Waals surface area contributed by atoms with Crippen LogP contribution in [-0.4, -0.2) is 3.79 Å². The zero-order valence-electron chi connectivity index (χ0n) is 10.1. The van der Waals surface area contributed by atoms with Gasteiger partial charge in [-0.15, -0.1) is 0 Å². The Labute approximate surface area is 113 Å². The average molecular weight is 280 g/mol. The number of rotatable bonds is 2. The van der Waals surface area contributed by atoms with Crippen molar-refractivity contribution in [1.82, 2.24) is 0 Å². The van der Waals surface area contributed by atoms with Gasteiger partial charge in [-0.05, 0) is 30.4 Å². The van der Waals surface area contributed by atoms with E-state index in [0.717, 1.165) is 0 Å². The molecule has 0 N–H and O–H groups in total. The van der Waals surface area contributed by atoms with Crippen molar-refractivity contribution in [2.75, 3.05) is 0 Å². The topological polar surface area (TPSA) is 0 Å². The van der Waals surface area contributed by atoms with Gasteiger partial charge in [-0.3, -0.25) is 0 Å². The fourth-order valence-electron chi connectivity index (χ4n) is 2.17. The molecule has 0 bridgehead atoms. The molecular weight excluding hydrogens is 263 g/mol. The first-order valence-corrected chi connectivity index (χ1v) is 6.40. The smallest absolute Gasteiger partial charge is 0.0837 e. The van der Waals surface area contributed by atoms with Crippen LogP contribution in [0.25, 0.3) is 0 Å². The van der Waals surface area contributed by atoms with Crippen molar-refractivity contribution >= 4 is 34.8 Å². The summed E-state index contributed by atoms with van der Waals surface area (Å²) >= 11 is 17.6. The van der Waals surface area contributed by atoms with Gasteiger partial charge in [0.25, 0.3) is 0 Å². The molecule has 3 heteroatoms. The standard InChI is InChI=1S/C13H17Cl3/c1-9-5-6-11(10(2)7-9)12(3,4)8-13(14,15)16/h5-7H,8H2,1-4H3. The maximum Gasteiger partial charge on any atom is 0.191 e. The van der Waals surface area contributed by atoms with Crippen LogP contribution in [0.4, 0.5) is 0 Å². The first-order valence-electron chi connectivity index (χ1n) is 5.26. The minimum absolute atomic E-state index is 0.136. The molecule has 1 aromatic rings. The van der Waals surface area contributed by atoms with Gasteiger partial charge >= 0.3 is 0 Å². The molecule has 90 valence electrons. The SMILES string of the molecule is Cc1ccc(C(C)(C)CC(Cl)(Cl)Cl)c(C)c1. The molecule has 0 amide bonds. The molecule has 1 rings (SSSR count). The minimum Gasteiger partial charge on any atom is -0.0837 e. The first-order chi connectivity index (χ1) is 7.12. The molecule has 16 heavy (non-hydrogen) atoms. The third-order valence-corrected chi connectivity index (χ3v) is 3.15. The molecule has 0 heterocycles. The second-order valence-corrected chi connectivity index (χ2v) is 7.51. The molecule has 0 aliphatic heterocycles. The fourth-order valence-corrected chi connectivity index (χ4v) is 3.17. The molecule has 0 atom stereocenters. The van der Waals surface area contributed by atoms with Crippen LogP contribution in [0.2, 0.25) is 0 Å². The van der Waals surface area contributed by atoms with Gasteiger partial charge in [-0.1, -0.05) is 72.4 Å². The number of halogens is 3. The molecule has 0 radical (unpaired) electrons. The van der Waals surface area contributed by atoms with Gasteiger partial charge in [0.2, 0.25) is 0 Å². The van der Waals surface area contributed by atoms with E-state index in [-0.39, 0.29) is 5.41 Å². The lowest BCUT2D eigenvalue weighted by atomic mass is 9.79. The lowest BCUT2D eigenvalue weighted by Gasteiger charge is -2.30. The van der Waals surface area contributed by atoms with Crippen molar-refractivity contribution in [2.45, 2.75) is 43.3 Å². The summed E-state index contributed by atoms with van der Waals surface area (Å²) in [5, 5.41) is 0.